The summed E-state index contributed by atoms with van der Waals surface area (Å²) in [6, 6.07) is 13.8. The number of hydrogen-bond acceptors (Lipinski definition) is 6. The lowest BCUT2D eigenvalue weighted by molar-refractivity contribution is 0.460. The highest BCUT2D eigenvalue weighted by Gasteiger charge is 2.25. The molecule has 0 unspecified atom stereocenters. The zero-order valence-electron chi connectivity index (χ0n) is 20.4. The molecule has 1 N–H and O–H groups in total. The molecule has 0 amide bonds. The summed E-state index contributed by atoms with van der Waals surface area (Å²) in [7, 11) is 0. The third kappa shape index (κ3) is 6.44. The van der Waals surface area contributed by atoms with Crippen molar-refractivity contribution in [2.24, 2.45) is 20.5 Å². The molecule has 36 heavy (non-hydrogen) atoms. The van der Waals surface area contributed by atoms with Crippen LogP contribution >= 0.6 is 0 Å². The Morgan fingerprint density at radius 1 is 0.639 bits per heavy atom. The molecule has 0 heterocycles. The van der Waals surface area contributed by atoms with Crippen molar-refractivity contribution in [3.05, 3.63) is 71.8 Å². The maximum atomic E-state index is 14.3. The molecule has 0 saturated carbocycles. The fourth-order valence-electron chi connectivity index (χ4n) is 3.38. The van der Waals surface area contributed by atoms with Crippen molar-refractivity contribution in [3.8, 4) is 0 Å². The van der Waals surface area contributed by atoms with Crippen molar-refractivity contribution in [1.82, 2.24) is 0 Å². The van der Waals surface area contributed by atoms with Gasteiger partial charge >= 0.3 is 0 Å². The molecule has 0 aromatic heterocycles. The van der Waals surface area contributed by atoms with Crippen molar-refractivity contribution < 1.29 is 17.6 Å². The fraction of sp³-hybridized carbons (Fsp3) is 0.308. The van der Waals surface area contributed by atoms with Gasteiger partial charge in [-0.3, -0.25) is 0 Å². The highest BCUT2D eigenvalue weighted by molar-refractivity contribution is 5.56. The van der Waals surface area contributed by atoms with Gasteiger partial charge < -0.3 is 10.2 Å². The molecule has 0 fully saturated rings. The van der Waals surface area contributed by atoms with E-state index in [1.165, 1.54) is 12.1 Å². The number of azo groups is 2. The Balaban J connectivity index is 1.71. The Kier molecular flexibility index (Phi) is 9.49. The van der Waals surface area contributed by atoms with Crippen LogP contribution in [0.15, 0.2) is 69.0 Å². The summed E-state index contributed by atoms with van der Waals surface area (Å²) in [6.07, 6.45) is 1.33. The van der Waals surface area contributed by atoms with Gasteiger partial charge in [-0.25, -0.2) is 17.6 Å². The van der Waals surface area contributed by atoms with E-state index in [4.69, 9.17) is 0 Å². The van der Waals surface area contributed by atoms with Crippen LogP contribution in [0.2, 0.25) is 0 Å². The predicted octanol–water partition coefficient (Wildman–Crippen LogP) is 9.13. The molecule has 10 heteroatoms. The van der Waals surface area contributed by atoms with Crippen LogP contribution in [0.25, 0.3) is 0 Å². The maximum absolute atomic E-state index is 14.3. The number of nitrogens with zero attached hydrogens (tertiary/aromatic N) is 5. The van der Waals surface area contributed by atoms with Gasteiger partial charge in [-0.05, 0) is 68.8 Å². The maximum Gasteiger partial charge on any atom is 0.191 e. The first-order valence-electron chi connectivity index (χ1n) is 11.8. The van der Waals surface area contributed by atoms with Crippen LogP contribution in [-0.4, -0.2) is 19.6 Å². The number of rotatable bonds is 11. The van der Waals surface area contributed by atoms with Gasteiger partial charge in [-0.15, -0.1) is 5.11 Å². The van der Waals surface area contributed by atoms with E-state index in [0.29, 0.717) is 17.8 Å². The molecule has 0 radical (unpaired) electrons. The molecule has 3 aromatic carbocycles. The monoisotopic (exact) mass is 500 g/mol. The number of unbranched alkanes of at least 4 members (excludes halogenated alkanes) is 1. The molecular formula is C26H28F4N6. The molecule has 0 aliphatic carbocycles. The van der Waals surface area contributed by atoms with Crippen LogP contribution in [0, 0.1) is 23.3 Å². The lowest BCUT2D eigenvalue weighted by atomic mass is 10.2. The lowest BCUT2D eigenvalue weighted by Gasteiger charge is -2.20. The Labute approximate surface area is 207 Å². The minimum Gasteiger partial charge on any atom is -0.380 e. The normalized spacial score (nSPS) is 11.5. The Morgan fingerprint density at radius 3 is 1.53 bits per heavy atom. The van der Waals surface area contributed by atoms with Gasteiger partial charge in [0.05, 0.1) is 17.1 Å². The van der Waals surface area contributed by atoms with Gasteiger partial charge in [0.25, 0.3) is 0 Å². The van der Waals surface area contributed by atoms with Crippen LogP contribution in [0.4, 0.5) is 51.7 Å². The topological polar surface area (TPSA) is 64.7 Å². The molecular weight excluding hydrogens is 472 g/mol. The Morgan fingerprint density at radius 2 is 1.08 bits per heavy atom. The van der Waals surface area contributed by atoms with E-state index in [2.05, 4.69) is 44.5 Å². The van der Waals surface area contributed by atoms with Crippen LogP contribution in [-0.2, 0) is 0 Å². The molecule has 190 valence electrons. The SMILES string of the molecule is CCCCNc1c(F)c(F)c(N=Nc2ccc(N=Nc3ccc(N(CC)CC)cc3)cc2)c(F)c1F. The van der Waals surface area contributed by atoms with Crippen molar-refractivity contribution in [2.75, 3.05) is 29.9 Å². The van der Waals surface area contributed by atoms with Gasteiger partial charge in [0.15, 0.2) is 29.0 Å². The summed E-state index contributed by atoms with van der Waals surface area (Å²) in [5.41, 5.74) is 0.514. The van der Waals surface area contributed by atoms with E-state index in [-0.39, 0.29) is 12.2 Å². The average Bonchev–Trinajstić information content (AvgIpc) is 2.90. The molecule has 0 aliphatic heterocycles. The van der Waals surface area contributed by atoms with E-state index >= 15 is 0 Å². The van der Waals surface area contributed by atoms with Gasteiger partial charge in [-0.1, -0.05) is 13.3 Å². The summed E-state index contributed by atoms with van der Waals surface area (Å²) < 4.78 is 57.2. The van der Waals surface area contributed by atoms with E-state index in [0.717, 1.165) is 25.2 Å². The lowest BCUT2D eigenvalue weighted by Crippen LogP contribution is -2.21. The van der Waals surface area contributed by atoms with E-state index < -0.39 is 34.6 Å². The smallest absolute Gasteiger partial charge is 0.191 e. The van der Waals surface area contributed by atoms with Gasteiger partial charge in [0, 0.05) is 25.3 Å². The second kappa shape index (κ2) is 12.8. The van der Waals surface area contributed by atoms with Gasteiger partial charge in [-0.2, -0.15) is 15.3 Å². The zero-order valence-corrected chi connectivity index (χ0v) is 20.4. The number of anilines is 2. The second-order valence-corrected chi connectivity index (χ2v) is 7.86. The van der Waals surface area contributed by atoms with Gasteiger partial charge in [0.1, 0.15) is 5.69 Å². The molecule has 0 saturated heterocycles. The molecule has 0 spiro atoms. The third-order valence-electron chi connectivity index (χ3n) is 5.45. The van der Waals surface area contributed by atoms with Crippen LogP contribution in [0.5, 0.6) is 0 Å². The quantitative estimate of drug-likeness (QED) is 0.123. The summed E-state index contributed by atoms with van der Waals surface area (Å²) in [6.45, 7) is 8.05. The molecule has 3 rings (SSSR count). The standard InChI is InChI=1S/C26H28F4N6/c1-4-7-16-31-25-21(27)23(29)26(24(30)22(25)28)35-34-18-10-8-17(9-11-18)32-33-19-12-14-20(15-13-19)36(5-2)6-3/h8-15,31H,4-7,16H2,1-3H3. The summed E-state index contributed by atoms with van der Waals surface area (Å²) in [5.74, 6) is -6.32. The minimum atomic E-state index is -1.62. The first-order chi connectivity index (χ1) is 17.4. The molecule has 3 aromatic rings. The highest BCUT2D eigenvalue weighted by atomic mass is 19.2. The van der Waals surface area contributed by atoms with Crippen molar-refractivity contribution in [3.63, 3.8) is 0 Å². The molecule has 6 nitrogen and oxygen atoms in total. The number of nitrogens with one attached hydrogen (secondary N) is 1. The molecule has 0 bridgehead atoms. The van der Waals surface area contributed by atoms with Crippen molar-refractivity contribution in [2.45, 2.75) is 33.6 Å². The first kappa shape index (κ1) is 26.8. The minimum absolute atomic E-state index is 0.176. The third-order valence-corrected chi connectivity index (χ3v) is 5.45. The van der Waals surface area contributed by atoms with Crippen LogP contribution in [0.1, 0.15) is 33.6 Å². The number of halogens is 4. The van der Waals surface area contributed by atoms with Crippen LogP contribution in [0.3, 0.4) is 0 Å². The fourth-order valence-corrected chi connectivity index (χ4v) is 3.38. The highest BCUT2D eigenvalue weighted by Crippen LogP contribution is 2.34. The first-order valence-corrected chi connectivity index (χ1v) is 11.8. The Hall–Kier alpha value is -3.82. The summed E-state index contributed by atoms with van der Waals surface area (Å²) in [5, 5.41) is 17.8. The number of hydrogen-bond donors (Lipinski definition) is 1. The van der Waals surface area contributed by atoms with E-state index in [1.807, 2.05) is 31.2 Å². The largest absolute Gasteiger partial charge is 0.380 e. The van der Waals surface area contributed by atoms with Crippen molar-refractivity contribution in [1.29, 1.82) is 0 Å². The summed E-state index contributed by atoms with van der Waals surface area (Å²) in [4.78, 5) is 2.22. The average molecular weight is 501 g/mol. The predicted molar refractivity (Wildman–Crippen MR) is 134 cm³/mol. The van der Waals surface area contributed by atoms with Gasteiger partial charge in [0.2, 0.25) is 0 Å². The van der Waals surface area contributed by atoms with E-state index in [9.17, 15) is 17.6 Å². The van der Waals surface area contributed by atoms with Crippen molar-refractivity contribution >= 4 is 34.1 Å². The zero-order chi connectivity index (χ0) is 26.1. The second-order valence-electron chi connectivity index (χ2n) is 7.86. The summed E-state index contributed by atoms with van der Waals surface area (Å²) >= 11 is 0. The van der Waals surface area contributed by atoms with Crippen LogP contribution < -0.4 is 10.2 Å². The van der Waals surface area contributed by atoms with E-state index in [1.54, 1.807) is 12.1 Å². The number of benzene rings is 3. The molecule has 0 atom stereocenters. The Bertz CT molecular complexity index is 1180. The molecule has 0 aliphatic rings.